The lowest BCUT2D eigenvalue weighted by molar-refractivity contribution is 0.0600. The molecule has 0 bridgehead atoms. The minimum atomic E-state index is -1.13. The minimum absolute atomic E-state index is 0. The summed E-state index contributed by atoms with van der Waals surface area (Å²) in [5, 5.41) is 0. The summed E-state index contributed by atoms with van der Waals surface area (Å²) in [5.74, 6) is -0.291. The molecule has 1 aromatic rings. The van der Waals surface area contributed by atoms with Gasteiger partial charge in [0.05, 0.1) is 12.7 Å². The summed E-state index contributed by atoms with van der Waals surface area (Å²) < 4.78 is 9.57. The van der Waals surface area contributed by atoms with Crippen molar-refractivity contribution in [3.8, 4) is 0 Å². The molecule has 0 aliphatic carbocycles. The molecule has 0 saturated heterocycles. The molecule has 0 aromatic heterocycles. The molecule has 0 amide bonds. The summed E-state index contributed by atoms with van der Waals surface area (Å²) in [6, 6.07) is 8.88. The summed E-state index contributed by atoms with van der Waals surface area (Å²) in [6.07, 6.45) is 0. The molecule has 0 aliphatic heterocycles. The lowest BCUT2D eigenvalue weighted by Crippen LogP contribution is -2.22. The molecular weight excluding hydrogens is 256 g/mol. The average molecular weight is 284 g/mol. The van der Waals surface area contributed by atoms with Gasteiger partial charge in [-0.1, -0.05) is 25.6 Å². The van der Waals surface area contributed by atoms with Crippen LogP contribution in [-0.2, 0) is 9.16 Å². The van der Waals surface area contributed by atoms with Gasteiger partial charge in [0, 0.05) is 7.11 Å². The van der Waals surface area contributed by atoms with Gasteiger partial charge in [-0.3, -0.25) is 0 Å². The van der Waals surface area contributed by atoms with Crippen LogP contribution in [-0.4, -0.2) is 28.5 Å². The molecule has 0 aliphatic rings. The first-order chi connectivity index (χ1) is 8.40. The molecular formula is C15H28O3Si. The number of carbonyl (C=O) groups excluding carboxylic acids is 1. The summed E-state index contributed by atoms with van der Waals surface area (Å²) in [6.45, 7) is 12.5. The van der Waals surface area contributed by atoms with Crippen LogP contribution in [0.15, 0.2) is 43.5 Å². The summed E-state index contributed by atoms with van der Waals surface area (Å²) in [4.78, 5) is 10.8. The maximum absolute atomic E-state index is 10.8. The van der Waals surface area contributed by atoms with Crippen molar-refractivity contribution in [1.29, 1.82) is 0 Å². The van der Waals surface area contributed by atoms with E-state index in [-0.39, 0.29) is 13.4 Å². The molecule has 0 unspecified atom stereocenters. The van der Waals surface area contributed by atoms with Gasteiger partial charge >= 0.3 is 5.97 Å². The van der Waals surface area contributed by atoms with E-state index in [4.69, 9.17) is 4.43 Å². The van der Waals surface area contributed by atoms with E-state index in [1.807, 2.05) is 6.07 Å². The van der Waals surface area contributed by atoms with Gasteiger partial charge in [-0.2, -0.15) is 0 Å². The average Bonchev–Trinajstić information content (AvgIpc) is 2.41. The van der Waals surface area contributed by atoms with Gasteiger partial charge in [-0.05, 0) is 31.8 Å². The molecule has 0 spiro atoms. The van der Waals surface area contributed by atoms with E-state index < -0.39 is 8.32 Å². The monoisotopic (exact) mass is 284 g/mol. The molecule has 0 N–H and O–H groups in total. The maximum atomic E-state index is 10.8. The number of esters is 1. The van der Waals surface area contributed by atoms with Crippen molar-refractivity contribution < 1.29 is 14.0 Å². The van der Waals surface area contributed by atoms with Crippen LogP contribution in [0.1, 0.15) is 17.8 Å². The Morgan fingerprint density at radius 3 is 1.68 bits per heavy atom. The molecule has 1 rings (SSSR count). The number of hydrogen-bond acceptors (Lipinski definition) is 3. The van der Waals surface area contributed by atoms with Crippen molar-refractivity contribution >= 4 is 14.3 Å². The van der Waals surface area contributed by atoms with E-state index in [2.05, 4.69) is 37.5 Å². The number of benzene rings is 1. The van der Waals surface area contributed by atoms with E-state index in [0.29, 0.717) is 5.56 Å². The minimum Gasteiger partial charge on any atom is -0.465 e. The van der Waals surface area contributed by atoms with Gasteiger partial charge in [-0.25, -0.2) is 4.79 Å². The predicted molar refractivity (Wildman–Crippen MR) is 86.1 cm³/mol. The highest BCUT2D eigenvalue weighted by Crippen LogP contribution is 1.99. The lowest BCUT2D eigenvalue weighted by atomic mass is 10.2. The smallest absolute Gasteiger partial charge is 0.337 e. The van der Waals surface area contributed by atoms with Crippen LogP contribution in [0, 0.1) is 0 Å². The molecule has 0 saturated carbocycles. The third-order valence-electron chi connectivity index (χ3n) is 1.81. The zero-order chi connectivity index (χ0) is 14.6. The maximum Gasteiger partial charge on any atom is 0.337 e. The van der Waals surface area contributed by atoms with Crippen LogP contribution in [0.5, 0.6) is 0 Å². The Bertz CT molecular complexity index is 318. The van der Waals surface area contributed by atoms with Crippen LogP contribution in [0.25, 0.3) is 0 Å². The van der Waals surface area contributed by atoms with Crippen molar-refractivity contribution in [1.82, 2.24) is 0 Å². The number of ether oxygens (including phenoxy) is 1. The topological polar surface area (TPSA) is 35.5 Å². The standard InChI is InChI=1S/C8H8O2.C4H12OSi.C2H4.CH4/c1-10-8(9)7-5-3-2-4-6-7;1-5-6(2,3)4;1-2;/h2-6H,1H3;1-4H3;1-2H2;1H4. The van der Waals surface area contributed by atoms with Gasteiger partial charge < -0.3 is 9.16 Å². The van der Waals surface area contributed by atoms with E-state index in [1.54, 1.807) is 31.4 Å². The molecule has 0 radical (unpaired) electrons. The second kappa shape index (κ2) is 13.0. The van der Waals surface area contributed by atoms with E-state index in [9.17, 15) is 4.79 Å². The highest BCUT2D eigenvalue weighted by Gasteiger charge is 2.09. The molecule has 0 heterocycles. The Morgan fingerprint density at radius 2 is 1.42 bits per heavy atom. The molecule has 1 aromatic carbocycles. The fourth-order valence-electron chi connectivity index (χ4n) is 0.692. The molecule has 0 fully saturated rings. The Morgan fingerprint density at radius 1 is 1.05 bits per heavy atom. The van der Waals surface area contributed by atoms with Crippen LogP contribution >= 0.6 is 0 Å². The van der Waals surface area contributed by atoms with Crippen LogP contribution in [0.2, 0.25) is 19.6 Å². The van der Waals surface area contributed by atoms with Crippen molar-refractivity contribution in [3.05, 3.63) is 49.1 Å². The number of methoxy groups -OCH3 is 1. The Hall–Kier alpha value is -1.39. The highest BCUT2D eigenvalue weighted by atomic mass is 28.4. The van der Waals surface area contributed by atoms with Gasteiger partial charge in [0.25, 0.3) is 0 Å². The molecule has 4 heteroatoms. The third-order valence-corrected chi connectivity index (χ3v) is 3.03. The Kier molecular flexibility index (Phi) is 15.6. The molecule has 19 heavy (non-hydrogen) atoms. The van der Waals surface area contributed by atoms with E-state index >= 15 is 0 Å². The van der Waals surface area contributed by atoms with E-state index in [0.717, 1.165) is 0 Å². The number of carbonyl (C=O) groups is 1. The van der Waals surface area contributed by atoms with E-state index in [1.165, 1.54) is 7.11 Å². The fourth-order valence-corrected chi connectivity index (χ4v) is 0.692. The zero-order valence-electron chi connectivity index (χ0n) is 12.0. The molecule has 3 nitrogen and oxygen atoms in total. The SMILES string of the molecule is C.C=C.COC(=O)c1ccccc1.CO[Si](C)(C)C. The number of hydrogen-bond donors (Lipinski definition) is 0. The van der Waals surface area contributed by atoms with Crippen LogP contribution in [0.4, 0.5) is 0 Å². The Labute approximate surface area is 119 Å². The Balaban J connectivity index is -0.000000249. The van der Waals surface area contributed by atoms with Crippen molar-refractivity contribution in [2.24, 2.45) is 0 Å². The first-order valence-electron chi connectivity index (χ1n) is 5.59. The molecule has 110 valence electrons. The third kappa shape index (κ3) is 14.5. The van der Waals surface area contributed by atoms with Gasteiger partial charge in [0.15, 0.2) is 8.32 Å². The molecule has 0 atom stereocenters. The first kappa shape index (κ1) is 22.8. The van der Waals surface area contributed by atoms with Crippen molar-refractivity contribution in [3.63, 3.8) is 0 Å². The normalized spacial score (nSPS) is 8.68. The van der Waals surface area contributed by atoms with Crippen molar-refractivity contribution in [2.45, 2.75) is 27.1 Å². The second-order valence-corrected chi connectivity index (χ2v) is 8.81. The largest absolute Gasteiger partial charge is 0.465 e. The lowest BCUT2D eigenvalue weighted by Gasteiger charge is -2.10. The van der Waals surface area contributed by atoms with Crippen LogP contribution < -0.4 is 0 Å². The summed E-state index contributed by atoms with van der Waals surface area (Å²) >= 11 is 0. The van der Waals surface area contributed by atoms with Crippen molar-refractivity contribution in [2.75, 3.05) is 14.2 Å². The number of rotatable bonds is 2. The highest BCUT2D eigenvalue weighted by molar-refractivity contribution is 6.69. The van der Waals surface area contributed by atoms with Crippen LogP contribution in [0.3, 0.4) is 0 Å². The van der Waals surface area contributed by atoms with Gasteiger partial charge in [0.1, 0.15) is 0 Å². The van der Waals surface area contributed by atoms with Gasteiger partial charge in [-0.15, -0.1) is 13.2 Å². The fraction of sp³-hybridized carbons (Fsp3) is 0.400. The summed E-state index contributed by atoms with van der Waals surface area (Å²) in [7, 11) is 2.01. The van der Waals surface area contributed by atoms with Gasteiger partial charge in [0.2, 0.25) is 0 Å². The first-order valence-corrected chi connectivity index (χ1v) is 9.00. The summed E-state index contributed by atoms with van der Waals surface area (Å²) in [5.41, 5.74) is 0.588. The zero-order valence-corrected chi connectivity index (χ0v) is 13.0. The predicted octanol–water partition coefficient (Wildman–Crippen LogP) is 4.38. The quantitative estimate of drug-likeness (QED) is 0.459. The second-order valence-electron chi connectivity index (χ2n) is 4.17.